The van der Waals surface area contributed by atoms with Gasteiger partial charge in [0, 0.05) is 63.6 Å². The molecule has 9 heteroatoms. The molecule has 0 saturated heterocycles. The van der Waals surface area contributed by atoms with Crippen LogP contribution in [0.5, 0.6) is 5.75 Å². The van der Waals surface area contributed by atoms with E-state index in [1.54, 1.807) is 30.3 Å². The second-order valence-corrected chi connectivity index (χ2v) is 7.96. The smallest absolute Gasteiger partial charge is 0.269 e. The van der Waals surface area contributed by atoms with E-state index in [0.29, 0.717) is 47.1 Å². The van der Waals surface area contributed by atoms with Gasteiger partial charge >= 0.3 is 0 Å². The van der Waals surface area contributed by atoms with Crippen molar-refractivity contribution in [1.29, 1.82) is 0 Å². The van der Waals surface area contributed by atoms with Crippen LogP contribution in [-0.2, 0) is 13.2 Å². The molecule has 0 aliphatic heterocycles. The normalized spacial score (nSPS) is 10.7. The maximum absolute atomic E-state index is 10.7. The maximum Gasteiger partial charge on any atom is 0.269 e. The number of non-ortho nitro benzene ring substituents is 1. The summed E-state index contributed by atoms with van der Waals surface area (Å²) in [5.74, 6) is 0.714. The molecule has 3 aromatic rings. The van der Waals surface area contributed by atoms with Crippen LogP contribution in [0.15, 0.2) is 60.7 Å². The number of nitrogens with one attached hydrogen (secondary N) is 2. The van der Waals surface area contributed by atoms with Crippen molar-refractivity contribution in [2.75, 3.05) is 18.4 Å². The average molecular weight is 481 g/mol. The van der Waals surface area contributed by atoms with Crippen molar-refractivity contribution < 1.29 is 9.66 Å². The molecule has 3 rings (SSSR count). The van der Waals surface area contributed by atoms with Crippen molar-refractivity contribution in [3.05, 3.63) is 97.0 Å². The zero-order chi connectivity index (χ0) is 22.2. The first-order valence-electron chi connectivity index (χ1n) is 9.46. The predicted octanol–water partition coefficient (Wildman–Crippen LogP) is 6.34. The Hall–Kier alpha value is -2.51. The molecule has 0 atom stereocenters. The van der Waals surface area contributed by atoms with Crippen molar-refractivity contribution in [1.82, 2.24) is 5.32 Å². The summed E-state index contributed by atoms with van der Waals surface area (Å²) in [6.45, 7) is 2.19. The number of ether oxygens (including phenoxy) is 1. The lowest BCUT2D eigenvalue weighted by atomic mass is 10.2. The lowest BCUT2D eigenvalue weighted by Gasteiger charge is -2.14. The molecule has 31 heavy (non-hydrogen) atoms. The van der Waals surface area contributed by atoms with Crippen molar-refractivity contribution in [2.45, 2.75) is 13.2 Å². The summed E-state index contributed by atoms with van der Waals surface area (Å²) in [5, 5.41) is 19.0. The monoisotopic (exact) mass is 479 g/mol. The van der Waals surface area contributed by atoms with Crippen LogP contribution >= 0.6 is 34.8 Å². The Morgan fingerprint density at radius 2 is 1.58 bits per heavy atom. The minimum Gasteiger partial charge on any atom is -0.489 e. The van der Waals surface area contributed by atoms with E-state index in [1.807, 2.05) is 18.2 Å². The minimum atomic E-state index is -0.420. The summed E-state index contributed by atoms with van der Waals surface area (Å²) < 4.78 is 5.96. The van der Waals surface area contributed by atoms with Crippen molar-refractivity contribution in [2.24, 2.45) is 0 Å². The van der Waals surface area contributed by atoms with Crippen LogP contribution in [-0.4, -0.2) is 18.0 Å². The van der Waals surface area contributed by atoms with Crippen molar-refractivity contribution in [3.8, 4) is 5.75 Å². The Balaban J connectivity index is 1.50. The first kappa shape index (κ1) is 23.2. The van der Waals surface area contributed by atoms with Gasteiger partial charge in [-0.05, 0) is 42.5 Å². The molecule has 0 amide bonds. The molecule has 0 fully saturated rings. The molecule has 2 N–H and O–H groups in total. The Morgan fingerprint density at radius 1 is 0.871 bits per heavy atom. The third kappa shape index (κ3) is 7.01. The first-order chi connectivity index (χ1) is 14.9. The number of rotatable bonds is 10. The van der Waals surface area contributed by atoms with Gasteiger partial charge in [-0.15, -0.1) is 0 Å². The molecule has 0 saturated carbocycles. The highest BCUT2D eigenvalue weighted by Crippen LogP contribution is 2.26. The molecule has 0 aliphatic rings. The molecule has 0 radical (unpaired) electrons. The zero-order valence-corrected chi connectivity index (χ0v) is 18.7. The fourth-order valence-electron chi connectivity index (χ4n) is 2.84. The third-order valence-corrected chi connectivity index (χ3v) is 5.27. The highest BCUT2D eigenvalue weighted by atomic mass is 35.5. The van der Waals surface area contributed by atoms with E-state index >= 15 is 0 Å². The van der Waals surface area contributed by atoms with E-state index in [0.717, 1.165) is 16.8 Å². The molecule has 0 aromatic heterocycles. The van der Waals surface area contributed by atoms with Gasteiger partial charge in [0.2, 0.25) is 0 Å². The molecule has 0 unspecified atom stereocenters. The summed E-state index contributed by atoms with van der Waals surface area (Å²) in [4.78, 5) is 10.3. The van der Waals surface area contributed by atoms with Crippen molar-refractivity contribution in [3.63, 3.8) is 0 Å². The van der Waals surface area contributed by atoms with E-state index in [-0.39, 0.29) is 5.69 Å². The summed E-state index contributed by atoms with van der Waals surface area (Å²) >= 11 is 18.3. The lowest BCUT2D eigenvalue weighted by Crippen LogP contribution is -2.22. The van der Waals surface area contributed by atoms with Gasteiger partial charge in [-0.3, -0.25) is 10.1 Å². The van der Waals surface area contributed by atoms with Crippen LogP contribution in [0.25, 0.3) is 0 Å². The fourth-order valence-corrected chi connectivity index (χ4v) is 3.50. The third-order valence-electron chi connectivity index (χ3n) is 4.45. The van der Waals surface area contributed by atoms with E-state index in [1.165, 1.54) is 12.1 Å². The predicted molar refractivity (Wildman–Crippen MR) is 126 cm³/mol. The lowest BCUT2D eigenvalue weighted by molar-refractivity contribution is -0.384. The fraction of sp³-hybridized carbons (Fsp3) is 0.182. The summed E-state index contributed by atoms with van der Waals surface area (Å²) in [6.07, 6.45) is 0. The van der Waals surface area contributed by atoms with Gasteiger partial charge in [-0.2, -0.15) is 0 Å². The van der Waals surface area contributed by atoms with Gasteiger partial charge in [0.15, 0.2) is 0 Å². The quantitative estimate of drug-likeness (QED) is 0.201. The van der Waals surface area contributed by atoms with Gasteiger partial charge in [0.25, 0.3) is 5.69 Å². The molecule has 0 spiro atoms. The van der Waals surface area contributed by atoms with Crippen LogP contribution in [0.3, 0.4) is 0 Å². The number of hydrogen-bond acceptors (Lipinski definition) is 5. The molecule has 162 valence electrons. The van der Waals surface area contributed by atoms with E-state index in [2.05, 4.69) is 10.6 Å². The summed E-state index contributed by atoms with van der Waals surface area (Å²) in [5.41, 5.74) is 2.65. The van der Waals surface area contributed by atoms with E-state index in [4.69, 9.17) is 39.5 Å². The minimum absolute atomic E-state index is 0.0667. The summed E-state index contributed by atoms with van der Waals surface area (Å²) in [7, 11) is 0. The van der Waals surface area contributed by atoms with Crippen LogP contribution < -0.4 is 15.4 Å². The Labute approximate surface area is 195 Å². The van der Waals surface area contributed by atoms with Crippen LogP contribution in [0.1, 0.15) is 11.1 Å². The number of halogens is 3. The van der Waals surface area contributed by atoms with Gasteiger partial charge in [-0.25, -0.2) is 0 Å². The second-order valence-electron chi connectivity index (χ2n) is 6.68. The highest BCUT2D eigenvalue weighted by Gasteiger charge is 2.08. The van der Waals surface area contributed by atoms with Crippen LogP contribution in [0.4, 0.5) is 11.4 Å². The molecule has 0 aliphatic carbocycles. The first-order valence-corrected chi connectivity index (χ1v) is 10.6. The number of nitro groups is 1. The SMILES string of the molecule is O=[N+]([O-])c1ccc(NCCNCc2cc(Cl)ccc2OCc2ccc(Cl)cc2Cl)cc1. The standard InChI is InChI=1S/C22H20Cl3N3O3/c23-17-3-8-22(31-14-15-1-2-18(24)12-21(15)25)16(11-17)13-26-9-10-27-19-4-6-20(7-5-19)28(29)30/h1-8,11-12,26-27H,9-10,13-14H2. The number of benzene rings is 3. The van der Waals surface area contributed by atoms with E-state index < -0.39 is 4.92 Å². The second kappa shape index (κ2) is 11.2. The van der Waals surface area contributed by atoms with E-state index in [9.17, 15) is 10.1 Å². The molecule has 0 bridgehead atoms. The number of nitrogens with zero attached hydrogens (tertiary/aromatic N) is 1. The van der Waals surface area contributed by atoms with Gasteiger partial charge in [0.1, 0.15) is 12.4 Å². The maximum atomic E-state index is 10.7. The van der Waals surface area contributed by atoms with Crippen molar-refractivity contribution >= 4 is 46.2 Å². The Morgan fingerprint density at radius 3 is 2.29 bits per heavy atom. The average Bonchev–Trinajstić information content (AvgIpc) is 2.74. The molecule has 6 nitrogen and oxygen atoms in total. The highest BCUT2D eigenvalue weighted by molar-refractivity contribution is 6.35. The molecule has 3 aromatic carbocycles. The van der Waals surface area contributed by atoms with Gasteiger partial charge in [-0.1, -0.05) is 40.9 Å². The Kier molecular flexibility index (Phi) is 8.37. The molecular weight excluding hydrogens is 461 g/mol. The Bertz CT molecular complexity index is 1050. The molecular formula is C22H20Cl3N3O3. The zero-order valence-electron chi connectivity index (χ0n) is 16.4. The summed E-state index contributed by atoms with van der Waals surface area (Å²) in [6, 6.07) is 17.1. The van der Waals surface area contributed by atoms with Gasteiger partial charge in [0.05, 0.1) is 4.92 Å². The van der Waals surface area contributed by atoms with Crippen LogP contribution in [0.2, 0.25) is 15.1 Å². The van der Waals surface area contributed by atoms with Gasteiger partial charge < -0.3 is 15.4 Å². The van der Waals surface area contributed by atoms with Crippen LogP contribution in [0, 0.1) is 10.1 Å². The molecule has 0 heterocycles. The number of anilines is 1. The topological polar surface area (TPSA) is 76.4 Å². The number of hydrogen-bond donors (Lipinski definition) is 2. The largest absolute Gasteiger partial charge is 0.489 e. The number of nitro benzene ring substituents is 1.